The number of benzene rings is 3. The Kier molecular flexibility index (Phi) is 6.97. The first-order valence-corrected chi connectivity index (χ1v) is 11.4. The monoisotopic (exact) mass is 438 g/mol. The lowest BCUT2D eigenvalue weighted by Crippen LogP contribution is -2.40. The molecule has 0 heterocycles. The normalized spacial score (nSPS) is 12.1. The average molecular weight is 439 g/mol. The Labute approximate surface area is 183 Å². The molecule has 0 spiro atoms. The molecule has 0 fully saturated rings. The third-order valence-electron chi connectivity index (χ3n) is 4.77. The fraction of sp³-hybridized carbons (Fsp3) is 0.208. The minimum absolute atomic E-state index is 0.0309. The summed E-state index contributed by atoms with van der Waals surface area (Å²) in [7, 11) is -3.96. The smallest absolute Gasteiger partial charge is 0.329 e. The lowest BCUT2D eigenvalue weighted by atomic mass is 10.0. The largest absolute Gasteiger partial charge is 0.489 e. The Morgan fingerprint density at radius 3 is 2.26 bits per heavy atom. The summed E-state index contributed by atoms with van der Waals surface area (Å²) in [5, 5.41) is 2.69. The minimum Gasteiger partial charge on any atom is -0.489 e. The average Bonchev–Trinajstić information content (AvgIpc) is 2.73. The number of amides is 2. The molecule has 3 aromatic rings. The Balaban J connectivity index is 1.70. The predicted molar refractivity (Wildman–Crippen MR) is 120 cm³/mol. The van der Waals surface area contributed by atoms with Crippen molar-refractivity contribution in [3.8, 4) is 5.75 Å². The van der Waals surface area contributed by atoms with Gasteiger partial charge in [0.25, 0.3) is 10.0 Å². The summed E-state index contributed by atoms with van der Waals surface area (Å²) in [5.74, 6) is 0.628. The van der Waals surface area contributed by atoms with Crippen LogP contribution in [-0.4, -0.2) is 14.4 Å². The topological polar surface area (TPSA) is 84.5 Å². The van der Waals surface area contributed by atoms with Crippen molar-refractivity contribution < 1.29 is 17.9 Å². The first kappa shape index (κ1) is 22.4. The Morgan fingerprint density at radius 1 is 0.935 bits per heavy atom. The Bertz CT molecular complexity index is 1140. The quantitative estimate of drug-likeness (QED) is 0.563. The maximum absolute atomic E-state index is 12.5. The Morgan fingerprint density at radius 2 is 1.58 bits per heavy atom. The van der Waals surface area contributed by atoms with Gasteiger partial charge in [0.2, 0.25) is 0 Å². The number of hydrogen-bond acceptors (Lipinski definition) is 4. The molecule has 3 rings (SSSR count). The molecular weight excluding hydrogens is 412 g/mol. The van der Waals surface area contributed by atoms with Crippen molar-refractivity contribution in [2.24, 2.45) is 0 Å². The molecule has 7 heteroatoms. The second-order valence-electron chi connectivity index (χ2n) is 7.43. The maximum Gasteiger partial charge on any atom is 0.329 e. The van der Waals surface area contributed by atoms with Crippen molar-refractivity contribution in [3.63, 3.8) is 0 Å². The highest BCUT2D eigenvalue weighted by Crippen LogP contribution is 2.27. The number of carbonyl (C=O) groups is 1. The summed E-state index contributed by atoms with van der Waals surface area (Å²) in [5.41, 5.74) is 3.72. The van der Waals surface area contributed by atoms with E-state index >= 15 is 0 Å². The second kappa shape index (κ2) is 9.66. The number of urea groups is 1. The minimum atomic E-state index is -3.96. The summed E-state index contributed by atoms with van der Waals surface area (Å²) in [6.07, 6.45) is 0. The molecule has 0 aromatic heterocycles. The van der Waals surface area contributed by atoms with E-state index in [0.29, 0.717) is 12.4 Å². The van der Waals surface area contributed by atoms with Crippen LogP contribution in [0.15, 0.2) is 77.7 Å². The number of ether oxygens (including phenoxy) is 1. The highest BCUT2D eigenvalue weighted by atomic mass is 32.2. The van der Waals surface area contributed by atoms with E-state index in [2.05, 4.69) is 10.0 Å². The van der Waals surface area contributed by atoms with E-state index in [-0.39, 0.29) is 4.90 Å². The molecule has 162 valence electrons. The zero-order chi connectivity index (χ0) is 22.4. The zero-order valence-electron chi connectivity index (χ0n) is 17.8. The molecule has 0 radical (unpaired) electrons. The van der Waals surface area contributed by atoms with E-state index in [1.807, 2.05) is 62.4 Å². The van der Waals surface area contributed by atoms with Gasteiger partial charge >= 0.3 is 6.03 Å². The van der Waals surface area contributed by atoms with E-state index in [9.17, 15) is 13.2 Å². The van der Waals surface area contributed by atoms with Crippen molar-refractivity contribution in [1.29, 1.82) is 0 Å². The standard InChI is InChI=1S/C24H26N2O4S/c1-17-9-12-21(13-10-17)31(28,29)26-24(27)25-19(3)22-15-18(2)11-14-23(22)30-16-20-7-5-4-6-8-20/h4-15,19H,16H2,1-3H3,(H2,25,26,27). The van der Waals surface area contributed by atoms with E-state index < -0.39 is 22.1 Å². The summed E-state index contributed by atoms with van der Waals surface area (Å²) in [6, 6.07) is 20.5. The molecule has 31 heavy (non-hydrogen) atoms. The third kappa shape index (κ3) is 6.08. The fourth-order valence-electron chi connectivity index (χ4n) is 3.08. The lowest BCUT2D eigenvalue weighted by molar-refractivity contribution is 0.242. The van der Waals surface area contributed by atoms with Gasteiger partial charge in [-0.15, -0.1) is 0 Å². The van der Waals surface area contributed by atoms with Crippen LogP contribution in [0.2, 0.25) is 0 Å². The van der Waals surface area contributed by atoms with Crippen LogP contribution in [0.1, 0.15) is 35.2 Å². The van der Waals surface area contributed by atoms with Crippen LogP contribution in [-0.2, 0) is 16.6 Å². The van der Waals surface area contributed by atoms with Gasteiger partial charge in [0.1, 0.15) is 12.4 Å². The number of carbonyl (C=O) groups excluding carboxylic acids is 1. The molecule has 0 aliphatic rings. The molecule has 0 aliphatic carbocycles. The molecule has 0 saturated heterocycles. The van der Waals surface area contributed by atoms with E-state index in [1.54, 1.807) is 19.1 Å². The highest BCUT2D eigenvalue weighted by Gasteiger charge is 2.20. The van der Waals surface area contributed by atoms with Crippen molar-refractivity contribution in [3.05, 3.63) is 95.1 Å². The van der Waals surface area contributed by atoms with Crippen molar-refractivity contribution in [2.45, 2.75) is 38.3 Å². The lowest BCUT2D eigenvalue weighted by Gasteiger charge is -2.19. The van der Waals surface area contributed by atoms with E-state index in [1.165, 1.54) is 12.1 Å². The molecule has 0 aliphatic heterocycles. The summed E-state index contributed by atoms with van der Waals surface area (Å²) >= 11 is 0. The van der Waals surface area contributed by atoms with Gasteiger partial charge in [0.15, 0.2) is 0 Å². The van der Waals surface area contributed by atoms with Crippen LogP contribution in [0.3, 0.4) is 0 Å². The van der Waals surface area contributed by atoms with Crippen LogP contribution in [0.4, 0.5) is 4.79 Å². The van der Waals surface area contributed by atoms with Gasteiger partial charge in [0, 0.05) is 5.56 Å². The number of aryl methyl sites for hydroxylation is 2. The first-order valence-electron chi connectivity index (χ1n) is 9.92. The summed E-state index contributed by atoms with van der Waals surface area (Å²) < 4.78 is 32.9. The molecular formula is C24H26N2O4S. The van der Waals surface area contributed by atoms with Gasteiger partial charge in [-0.2, -0.15) is 0 Å². The van der Waals surface area contributed by atoms with Crippen molar-refractivity contribution in [1.82, 2.24) is 10.0 Å². The number of sulfonamides is 1. The van der Waals surface area contributed by atoms with Crippen LogP contribution < -0.4 is 14.8 Å². The van der Waals surface area contributed by atoms with Crippen molar-refractivity contribution >= 4 is 16.1 Å². The number of hydrogen-bond donors (Lipinski definition) is 2. The fourth-order valence-corrected chi connectivity index (χ4v) is 3.99. The van der Waals surface area contributed by atoms with Crippen LogP contribution in [0.5, 0.6) is 5.75 Å². The van der Waals surface area contributed by atoms with E-state index in [4.69, 9.17) is 4.74 Å². The highest BCUT2D eigenvalue weighted by molar-refractivity contribution is 7.90. The molecule has 0 saturated carbocycles. The van der Waals surface area contributed by atoms with Gasteiger partial charge in [-0.25, -0.2) is 17.9 Å². The molecule has 1 atom stereocenters. The molecule has 0 bridgehead atoms. The van der Waals surface area contributed by atoms with Gasteiger partial charge < -0.3 is 10.1 Å². The molecule has 2 N–H and O–H groups in total. The number of nitrogens with one attached hydrogen (secondary N) is 2. The van der Waals surface area contributed by atoms with Gasteiger partial charge in [-0.05, 0) is 44.5 Å². The Hall–Kier alpha value is -3.32. The second-order valence-corrected chi connectivity index (χ2v) is 9.11. The maximum atomic E-state index is 12.5. The van der Waals surface area contributed by atoms with Crippen LogP contribution in [0, 0.1) is 13.8 Å². The van der Waals surface area contributed by atoms with Gasteiger partial charge in [-0.3, -0.25) is 0 Å². The summed E-state index contributed by atoms with van der Waals surface area (Å²) in [4.78, 5) is 12.4. The van der Waals surface area contributed by atoms with Crippen LogP contribution >= 0.6 is 0 Å². The van der Waals surface area contributed by atoms with Crippen molar-refractivity contribution in [2.75, 3.05) is 0 Å². The van der Waals surface area contributed by atoms with Gasteiger partial charge in [-0.1, -0.05) is 65.7 Å². The van der Waals surface area contributed by atoms with Crippen LogP contribution in [0.25, 0.3) is 0 Å². The zero-order valence-corrected chi connectivity index (χ0v) is 18.6. The number of rotatable bonds is 7. The molecule has 6 nitrogen and oxygen atoms in total. The first-order chi connectivity index (χ1) is 14.7. The third-order valence-corrected chi connectivity index (χ3v) is 6.12. The molecule has 1 unspecified atom stereocenters. The van der Waals surface area contributed by atoms with E-state index in [0.717, 1.165) is 22.3 Å². The molecule has 2 amide bonds. The molecule has 3 aromatic carbocycles. The van der Waals surface area contributed by atoms with Gasteiger partial charge in [0.05, 0.1) is 10.9 Å². The predicted octanol–water partition coefficient (Wildman–Crippen LogP) is 4.63. The SMILES string of the molecule is Cc1ccc(S(=O)(=O)NC(=O)NC(C)c2cc(C)ccc2OCc2ccccc2)cc1. The summed E-state index contributed by atoms with van der Waals surface area (Å²) in [6.45, 7) is 5.97.